The Hall–Kier alpha value is -4.33. The van der Waals surface area contributed by atoms with Crippen LogP contribution in [0.15, 0.2) is 84.9 Å². The van der Waals surface area contributed by atoms with Crippen LogP contribution in [0, 0.1) is 0 Å². The molecule has 1 aliphatic rings. The highest BCUT2D eigenvalue weighted by Crippen LogP contribution is 2.24. The van der Waals surface area contributed by atoms with Crippen molar-refractivity contribution in [1.82, 2.24) is 10.2 Å². The van der Waals surface area contributed by atoms with Gasteiger partial charge in [0.2, 0.25) is 5.91 Å². The molecule has 0 saturated carbocycles. The molecule has 34 heavy (non-hydrogen) atoms. The highest BCUT2D eigenvalue weighted by atomic mass is 16.5. The average molecular weight is 460 g/mol. The van der Waals surface area contributed by atoms with Crippen LogP contribution < -0.4 is 14.8 Å². The predicted octanol–water partition coefficient (Wildman–Crippen LogP) is 3.34. The molecule has 0 aliphatic carbocycles. The first-order valence-electron chi connectivity index (χ1n) is 10.8. The van der Waals surface area contributed by atoms with Gasteiger partial charge in [-0.3, -0.25) is 9.59 Å². The maximum Gasteiger partial charge on any atom is 0.326 e. The monoisotopic (exact) mass is 460 g/mol. The van der Waals surface area contributed by atoms with Gasteiger partial charge in [-0.1, -0.05) is 36.4 Å². The molecule has 3 aromatic carbocycles. The molecule has 1 heterocycles. The number of para-hydroxylation sites is 2. The Balaban J connectivity index is 1.31. The lowest BCUT2D eigenvalue weighted by atomic mass is 10.2. The minimum absolute atomic E-state index is 0.131. The fourth-order valence-electron chi connectivity index (χ4n) is 3.74. The number of aliphatic carboxylic acids is 1. The van der Waals surface area contributed by atoms with Crippen molar-refractivity contribution in [3.63, 3.8) is 0 Å². The Morgan fingerprint density at radius 1 is 0.853 bits per heavy atom. The molecule has 2 atom stereocenters. The number of ether oxygens (including phenoxy) is 2. The molecule has 8 heteroatoms. The Labute approximate surface area is 196 Å². The van der Waals surface area contributed by atoms with Gasteiger partial charge in [0.05, 0.1) is 13.1 Å². The third-order valence-corrected chi connectivity index (χ3v) is 5.41. The van der Waals surface area contributed by atoms with Gasteiger partial charge >= 0.3 is 5.97 Å². The summed E-state index contributed by atoms with van der Waals surface area (Å²) in [5.41, 5.74) is 0.356. The van der Waals surface area contributed by atoms with Crippen molar-refractivity contribution in [2.24, 2.45) is 0 Å². The van der Waals surface area contributed by atoms with Crippen molar-refractivity contribution in [2.45, 2.75) is 18.6 Å². The molecule has 2 amide bonds. The number of carbonyl (C=O) groups excluding carboxylic acids is 2. The summed E-state index contributed by atoms with van der Waals surface area (Å²) in [6.07, 6.45) is -0.271. The van der Waals surface area contributed by atoms with Crippen LogP contribution >= 0.6 is 0 Å². The Morgan fingerprint density at radius 3 is 2.06 bits per heavy atom. The maximum atomic E-state index is 12.7. The molecule has 1 aliphatic heterocycles. The van der Waals surface area contributed by atoms with Crippen molar-refractivity contribution in [3.8, 4) is 17.2 Å². The molecule has 8 nitrogen and oxygen atoms in total. The topological polar surface area (TPSA) is 105 Å². The van der Waals surface area contributed by atoms with E-state index in [4.69, 9.17) is 9.47 Å². The second-order valence-corrected chi connectivity index (χ2v) is 7.81. The van der Waals surface area contributed by atoms with Crippen molar-refractivity contribution in [3.05, 3.63) is 90.5 Å². The van der Waals surface area contributed by atoms with Gasteiger partial charge in [-0.05, 0) is 48.5 Å². The van der Waals surface area contributed by atoms with Crippen molar-refractivity contribution >= 4 is 17.8 Å². The number of amides is 2. The summed E-state index contributed by atoms with van der Waals surface area (Å²) in [6, 6.07) is 23.8. The van der Waals surface area contributed by atoms with E-state index in [9.17, 15) is 19.5 Å². The highest BCUT2D eigenvalue weighted by molar-refractivity contribution is 5.97. The molecule has 0 radical (unpaired) electrons. The van der Waals surface area contributed by atoms with Gasteiger partial charge in [-0.25, -0.2) is 4.79 Å². The van der Waals surface area contributed by atoms with Crippen LogP contribution in [0.1, 0.15) is 16.8 Å². The number of nitrogens with one attached hydrogen (secondary N) is 1. The zero-order chi connectivity index (χ0) is 23.9. The molecule has 1 fully saturated rings. The number of carbonyl (C=O) groups is 3. The number of carboxylic acids is 1. The lowest BCUT2D eigenvalue weighted by Gasteiger charge is -2.21. The molecular formula is C26H24N2O6. The molecule has 0 bridgehead atoms. The van der Waals surface area contributed by atoms with E-state index < -0.39 is 29.9 Å². The van der Waals surface area contributed by atoms with E-state index >= 15 is 0 Å². The first-order valence-corrected chi connectivity index (χ1v) is 10.8. The van der Waals surface area contributed by atoms with Gasteiger partial charge in [-0.2, -0.15) is 0 Å². The zero-order valence-electron chi connectivity index (χ0n) is 18.3. The number of carboxylic acid groups (broad SMARTS) is 1. The van der Waals surface area contributed by atoms with E-state index in [0.717, 1.165) is 0 Å². The third kappa shape index (κ3) is 5.72. The normalized spacial score (nSPS) is 17.1. The molecule has 4 rings (SSSR count). The van der Waals surface area contributed by atoms with Gasteiger partial charge in [0.1, 0.15) is 29.4 Å². The number of hydrogen-bond donors (Lipinski definition) is 2. The van der Waals surface area contributed by atoms with Crippen LogP contribution in [0.2, 0.25) is 0 Å². The van der Waals surface area contributed by atoms with Gasteiger partial charge in [0.25, 0.3) is 5.91 Å². The van der Waals surface area contributed by atoms with Crippen LogP contribution in [0.4, 0.5) is 0 Å². The fraction of sp³-hybridized carbons (Fsp3) is 0.192. The molecule has 0 spiro atoms. The third-order valence-electron chi connectivity index (χ3n) is 5.41. The maximum absolute atomic E-state index is 12.7. The SMILES string of the molecule is O=C(NCC(=O)N1C[C@H](Oc2ccccc2)C[C@H]1C(=O)O)c1ccc(Oc2ccccc2)cc1. The second kappa shape index (κ2) is 10.5. The van der Waals surface area contributed by atoms with Gasteiger partial charge in [-0.15, -0.1) is 0 Å². The van der Waals surface area contributed by atoms with Crippen molar-refractivity contribution in [2.75, 3.05) is 13.1 Å². The molecule has 2 N–H and O–H groups in total. The first-order chi connectivity index (χ1) is 16.5. The van der Waals surface area contributed by atoms with Crippen LogP contribution in [0.25, 0.3) is 0 Å². The van der Waals surface area contributed by atoms with Gasteiger partial charge < -0.3 is 24.8 Å². The van der Waals surface area contributed by atoms with Crippen molar-refractivity contribution < 1.29 is 29.0 Å². The molecule has 0 aromatic heterocycles. The van der Waals surface area contributed by atoms with Crippen LogP contribution in [0.5, 0.6) is 17.2 Å². The number of hydrogen-bond acceptors (Lipinski definition) is 5. The van der Waals surface area contributed by atoms with Crippen LogP contribution in [-0.2, 0) is 9.59 Å². The van der Waals surface area contributed by atoms with Crippen LogP contribution in [0.3, 0.4) is 0 Å². The number of benzene rings is 3. The Kier molecular flexibility index (Phi) is 7.07. The summed E-state index contributed by atoms with van der Waals surface area (Å²) in [4.78, 5) is 38.1. The minimum Gasteiger partial charge on any atom is -0.488 e. The summed E-state index contributed by atoms with van der Waals surface area (Å²) in [7, 11) is 0. The molecule has 174 valence electrons. The van der Waals surface area contributed by atoms with E-state index in [1.807, 2.05) is 48.5 Å². The lowest BCUT2D eigenvalue weighted by Crippen LogP contribution is -2.45. The molecule has 3 aromatic rings. The van der Waals surface area contributed by atoms with E-state index in [2.05, 4.69) is 5.32 Å². The number of nitrogens with zero attached hydrogens (tertiary/aromatic N) is 1. The minimum atomic E-state index is -1.10. The number of rotatable bonds is 8. The smallest absolute Gasteiger partial charge is 0.326 e. The summed E-state index contributed by atoms with van der Waals surface area (Å²) in [5.74, 6) is -0.165. The molecule has 1 saturated heterocycles. The lowest BCUT2D eigenvalue weighted by molar-refractivity contribution is -0.147. The van der Waals surface area contributed by atoms with E-state index in [1.165, 1.54) is 4.90 Å². The highest BCUT2D eigenvalue weighted by Gasteiger charge is 2.40. The zero-order valence-corrected chi connectivity index (χ0v) is 18.3. The van der Waals surface area contributed by atoms with Crippen molar-refractivity contribution in [1.29, 1.82) is 0 Å². The first kappa shape index (κ1) is 22.8. The summed E-state index contributed by atoms with van der Waals surface area (Å²) in [5, 5.41) is 12.1. The summed E-state index contributed by atoms with van der Waals surface area (Å²) >= 11 is 0. The Bertz CT molecular complexity index is 1130. The fourth-order valence-corrected chi connectivity index (χ4v) is 3.74. The average Bonchev–Trinajstić information content (AvgIpc) is 3.28. The quantitative estimate of drug-likeness (QED) is 0.534. The van der Waals surface area contributed by atoms with E-state index in [1.54, 1.807) is 36.4 Å². The van der Waals surface area contributed by atoms with E-state index in [-0.39, 0.29) is 19.5 Å². The Morgan fingerprint density at radius 2 is 1.44 bits per heavy atom. The predicted molar refractivity (Wildman–Crippen MR) is 124 cm³/mol. The summed E-state index contributed by atoms with van der Waals surface area (Å²) in [6.45, 7) is -0.185. The molecular weight excluding hydrogens is 436 g/mol. The van der Waals surface area contributed by atoms with Gasteiger partial charge in [0.15, 0.2) is 0 Å². The van der Waals surface area contributed by atoms with E-state index in [0.29, 0.717) is 22.8 Å². The summed E-state index contributed by atoms with van der Waals surface area (Å²) < 4.78 is 11.5. The number of likely N-dealkylation sites (tertiary alicyclic amines) is 1. The largest absolute Gasteiger partial charge is 0.488 e. The standard InChI is InChI=1S/C26H24N2O6/c29-24(28-17-22(15-23(28)26(31)32)34-20-9-5-2-6-10-20)16-27-25(30)18-11-13-21(14-12-18)33-19-7-3-1-4-8-19/h1-14,22-23H,15-17H2,(H,27,30)(H,31,32)/t22-,23+/m1/s1. The molecule has 0 unspecified atom stereocenters. The van der Waals surface area contributed by atoms with Crippen LogP contribution in [-0.4, -0.2) is 53.0 Å². The second-order valence-electron chi connectivity index (χ2n) is 7.81. The van der Waals surface area contributed by atoms with Gasteiger partial charge in [0, 0.05) is 12.0 Å².